The predicted octanol–water partition coefficient (Wildman–Crippen LogP) is 3.19. The molecule has 5 nitrogen and oxygen atoms in total. The van der Waals surface area contributed by atoms with Crippen LogP contribution in [0, 0.1) is 12.7 Å². The van der Waals surface area contributed by atoms with Crippen molar-refractivity contribution in [1.82, 2.24) is 4.90 Å². The lowest BCUT2D eigenvalue weighted by Gasteiger charge is -2.18. The van der Waals surface area contributed by atoms with E-state index >= 15 is 0 Å². The van der Waals surface area contributed by atoms with E-state index in [-0.39, 0.29) is 24.8 Å². The summed E-state index contributed by atoms with van der Waals surface area (Å²) >= 11 is 0. The summed E-state index contributed by atoms with van der Waals surface area (Å²) in [6.07, 6.45) is 0. The molecule has 0 N–H and O–H groups in total. The Morgan fingerprint density at radius 2 is 1.72 bits per heavy atom. The van der Waals surface area contributed by atoms with E-state index in [4.69, 9.17) is 14.2 Å². The predicted molar refractivity (Wildman–Crippen MR) is 92.7 cm³/mol. The number of likely N-dealkylation sites (N-methyl/N-ethyl adjacent to an activating group) is 1. The van der Waals surface area contributed by atoms with Gasteiger partial charge in [-0.1, -0.05) is 12.1 Å². The smallest absolute Gasteiger partial charge is 0.260 e. The van der Waals surface area contributed by atoms with Crippen molar-refractivity contribution in [3.63, 3.8) is 0 Å². The summed E-state index contributed by atoms with van der Waals surface area (Å²) in [5.74, 6) is 0.575. The number of rotatable bonds is 7. The number of halogens is 1. The third-order valence-electron chi connectivity index (χ3n) is 3.73. The lowest BCUT2D eigenvalue weighted by Crippen LogP contribution is -2.31. The Kier molecular flexibility index (Phi) is 6.22. The van der Waals surface area contributed by atoms with Crippen molar-refractivity contribution in [2.45, 2.75) is 13.5 Å². The third kappa shape index (κ3) is 4.86. The van der Waals surface area contributed by atoms with Crippen molar-refractivity contribution >= 4 is 5.91 Å². The Balaban J connectivity index is 1.95. The van der Waals surface area contributed by atoms with Gasteiger partial charge in [0, 0.05) is 13.6 Å². The number of carbonyl (C=O) groups excluding carboxylic acids is 1. The summed E-state index contributed by atoms with van der Waals surface area (Å²) in [6, 6.07) is 10.1. The van der Waals surface area contributed by atoms with Crippen molar-refractivity contribution in [2.75, 3.05) is 27.9 Å². The maximum Gasteiger partial charge on any atom is 0.260 e. The number of carbonyl (C=O) groups is 1. The minimum Gasteiger partial charge on any atom is -0.494 e. The molecule has 0 aliphatic heterocycles. The molecule has 0 aliphatic carbocycles. The molecule has 0 bridgehead atoms. The second kappa shape index (κ2) is 8.37. The number of amides is 1. The highest BCUT2D eigenvalue weighted by atomic mass is 19.1. The van der Waals surface area contributed by atoms with Crippen molar-refractivity contribution < 1.29 is 23.4 Å². The molecule has 0 radical (unpaired) electrons. The van der Waals surface area contributed by atoms with Crippen molar-refractivity contribution in [3.8, 4) is 17.2 Å². The van der Waals surface area contributed by atoms with Gasteiger partial charge in [0.1, 0.15) is 0 Å². The number of aryl methyl sites for hydroxylation is 1. The summed E-state index contributed by atoms with van der Waals surface area (Å²) in [4.78, 5) is 13.7. The molecule has 1 amide bonds. The average Bonchev–Trinajstić information content (AvgIpc) is 2.60. The highest BCUT2D eigenvalue weighted by Gasteiger charge is 2.13. The minimum absolute atomic E-state index is 0.130. The number of ether oxygens (including phenoxy) is 3. The molecule has 0 aromatic heterocycles. The summed E-state index contributed by atoms with van der Waals surface area (Å²) < 4.78 is 29.4. The molecule has 0 atom stereocenters. The van der Waals surface area contributed by atoms with Gasteiger partial charge in [-0.2, -0.15) is 0 Å². The monoisotopic (exact) mass is 347 g/mol. The van der Waals surface area contributed by atoms with Crippen LogP contribution in [-0.4, -0.2) is 38.7 Å². The number of methoxy groups -OCH3 is 2. The average molecular weight is 347 g/mol. The minimum atomic E-state index is -0.457. The molecule has 0 aliphatic rings. The Labute approximate surface area is 146 Å². The fourth-order valence-electron chi connectivity index (χ4n) is 2.31. The van der Waals surface area contributed by atoms with Gasteiger partial charge in [0.2, 0.25) is 0 Å². The van der Waals surface area contributed by atoms with Crippen LogP contribution < -0.4 is 14.2 Å². The highest BCUT2D eigenvalue weighted by Crippen LogP contribution is 2.27. The molecule has 0 fully saturated rings. The molecule has 2 aromatic carbocycles. The zero-order chi connectivity index (χ0) is 18.4. The van der Waals surface area contributed by atoms with Crippen LogP contribution in [0.15, 0.2) is 36.4 Å². The first-order valence-corrected chi connectivity index (χ1v) is 7.78. The Morgan fingerprint density at radius 1 is 1.04 bits per heavy atom. The van der Waals surface area contributed by atoms with Gasteiger partial charge in [-0.15, -0.1) is 0 Å². The van der Waals surface area contributed by atoms with Crippen LogP contribution in [0.5, 0.6) is 17.2 Å². The van der Waals surface area contributed by atoms with E-state index in [1.165, 1.54) is 24.1 Å². The van der Waals surface area contributed by atoms with Crippen LogP contribution in [0.2, 0.25) is 0 Å². The van der Waals surface area contributed by atoms with E-state index in [9.17, 15) is 9.18 Å². The molecular formula is C19H22FNO4. The summed E-state index contributed by atoms with van der Waals surface area (Å²) in [6.45, 7) is 2.09. The Morgan fingerprint density at radius 3 is 2.36 bits per heavy atom. The van der Waals surface area contributed by atoms with Crippen molar-refractivity contribution in [1.29, 1.82) is 0 Å². The lowest BCUT2D eigenvalue weighted by atomic mass is 10.2. The van der Waals surface area contributed by atoms with Crippen molar-refractivity contribution in [3.05, 3.63) is 53.3 Å². The zero-order valence-corrected chi connectivity index (χ0v) is 14.8. The summed E-state index contributed by atoms with van der Waals surface area (Å²) in [7, 11) is 4.60. The van der Waals surface area contributed by atoms with E-state index < -0.39 is 5.82 Å². The van der Waals surface area contributed by atoms with Crippen LogP contribution in [0.1, 0.15) is 11.1 Å². The second-order valence-corrected chi connectivity index (χ2v) is 5.66. The zero-order valence-electron chi connectivity index (χ0n) is 14.8. The fraction of sp³-hybridized carbons (Fsp3) is 0.316. The van der Waals surface area contributed by atoms with Crippen LogP contribution >= 0.6 is 0 Å². The number of hydrogen-bond acceptors (Lipinski definition) is 4. The van der Waals surface area contributed by atoms with E-state index in [2.05, 4.69) is 0 Å². The van der Waals surface area contributed by atoms with E-state index in [1.54, 1.807) is 26.3 Å². The number of hydrogen-bond donors (Lipinski definition) is 0. The number of benzene rings is 2. The second-order valence-electron chi connectivity index (χ2n) is 5.66. The van der Waals surface area contributed by atoms with Gasteiger partial charge in [-0.05, 0) is 42.3 Å². The third-order valence-corrected chi connectivity index (χ3v) is 3.73. The maximum atomic E-state index is 13.7. The number of nitrogens with zero attached hydrogens (tertiary/aromatic N) is 1. The van der Waals surface area contributed by atoms with Gasteiger partial charge >= 0.3 is 0 Å². The fourth-order valence-corrected chi connectivity index (χ4v) is 2.31. The van der Waals surface area contributed by atoms with E-state index in [1.807, 2.05) is 19.1 Å². The molecule has 6 heteroatoms. The molecule has 134 valence electrons. The molecule has 2 aromatic rings. The van der Waals surface area contributed by atoms with Crippen LogP contribution in [0.25, 0.3) is 0 Å². The van der Waals surface area contributed by atoms with Crippen molar-refractivity contribution in [2.24, 2.45) is 0 Å². The van der Waals surface area contributed by atoms with Crippen LogP contribution in [0.4, 0.5) is 4.39 Å². The molecule has 0 saturated carbocycles. The standard InChI is InChI=1S/C19H22FNO4/c1-13-5-7-17(18(9-13)24-4)25-12-19(22)21(2)11-14-6-8-16(23-3)15(20)10-14/h5-10H,11-12H2,1-4H3. The van der Waals surface area contributed by atoms with Crippen LogP contribution in [-0.2, 0) is 11.3 Å². The summed E-state index contributed by atoms with van der Waals surface area (Å²) in [5, 5.41) is 0. The van der Waals surface area contributed by atoms with Crippen LogP contribution in [0.3, 0.4) is 0 Å². The first-order chi connectivity index (χ1) is 11.9. The van der Waals surface area contributed by atoms with E-state index in [0.29, 0.717) is 17.1 Å². The largest absolute Gasteiger partial charge is 0.494 e. The lowest BCUT2D eigenvalue weighted by molar-refractivity contribution is -0.132. The molecule has 0 spiro atoms. The summed E-state index contributed by atoms with van der Waals surface area (Å²) in [5.41, 5.74) is 1.70. The van der Waals surface area contributed by atoms with Gasteiger partial charge in [-0.3, -0.25) is 4.79 Å². The molecular weight excluding hydrogens is 325 g/mol. The molecule has 25 heavy (non-hydrogen) atoms. The van der Waals surface area contributed by atoms with Gasteiger partial charge in [-0.25, -0.2) is 4.39 Å². The first kappa shape index (κ1) is 18.6. The van der Waals surface area contributed by atoms with E-state index in [0.717, 1.165) is 5.56 Å². The van der Waals surface area contributed by atoms with Gasteiger partial charge < -0.3 is 19.1 Å². The Bertz CT molecular complexity index is 748. The normalized spacial score (nSPS) is 10.3. The van der Waals surface area contributed by atoms with Gasteiger partial charge in [0.15, 0.2) is 29.7 Å². The van der Waals surface area contributed by atoms with Gasteiger partial charge in [0.25, 0.3) is 5.91 Å². The molecule has 0 saturated heterocycles. The first-order valence-electron chi connectivity index (χ1n) is 7.78. The SMILES string of the molecule is COc1ccc(CN(C)C(=O)COc2ccc(C)cc2OC)cc1F. The molecule has 0 heterocycles. The highest BCUT2D eigenvalue weighted by molar-refractivity contribution is 5.77. The molecule has 0 unspecified atom stereocenters. The maximum absolute atomic E-state index is 13.7. The molecule has 2 rings (SSSR count). The topological polar surface area (TPSA) is 48.0 Å². The Hall–Kier alpha value is -2.76. The quantitative estimate of drug-likeness (QED) is 0.772. The van der Waals surface area contributed by atoms with Gasteiger partial charge in [0.05, 0.1) is 14.2 Å².